The Bertz CT molecular complexity index is 967. The minimum absolute atomic E-state index is 0.0693. The van der Waals surface area contributed by atoms with Crippen molar-refractivity contribution in [2.24, 2.45) is 0 Å². The molecule has 2 unspecified atom stereocenters. The summed E-state index contributed by atoms with van der Waals surface area (Å²) in [6.07, 6.45) is 0.680. The molecule has 1 amide bonds. The summed E-state index contributed by atoms with van der Waals surface area (Å²) in [6, 6.07) is 19.9. The number of hydrazine groups is 1. The highest BCUT2D eigenvalue weighted by molar-refractivity contribution is 6.31. The minimum Gasteiger partial charge on any atom is -0.325 e. The van der Waals surface area contributed by atoms with Gasteiger partial charge in [-0.2, -0.15) is 0 Å². The number of carbonyl (C=O) groups is 1. The summed E-state index contributed by atoms with van der Waals surface area (Å²) in [6.45, 7) is 1.94. The van der Waals surface area contributed by atoms with Crippen molar-refractivity contribution in [1.29, 1.82) is 0 Å². The van der Waals surface area contributed by atoms with E-state index in [2.05, 4.69) is 46.5 Å². The van der Waals surface area contributed by atoms with E-state index in [1.54, 1.807) is 6.07 Å². The monoisotopic (exact) mass is 365 g/mol. The Kier molecular flexibility index (Phi) is 4.64. The molecule has 132 valence electrons. The summed E-state index contributed by atoms with van der Waals surface area (Å²) in [5.41, 5.74) is 9.28. The van der Waals surface area contributed by atoms with Crippen LogP contribution in [-0.2, 0) is 4.79 Å². The molecule has 3 aromatic rings. The first-order valence-corrected chi connectivity index (χ1v) is 9.05. The zero-order valence-electron chi connectivity index (χ0n) is 14.4. The van der Waals surface area contributed by atoms with Gasteiger partial charge in [0, 0.05) is 16.8 Å². The van der Waals surface area contributed by atoms with Gasteiger partial charge >= 0.3 is 0 Å². The maximum atomic E-state index is 12.6. The molecule has 0 aromatic heterocycles. The summed E-state index contributed by atoms with van der Waals surface area (Å²) >= 11 is 6.14. The maximum absolute atomic E-state index is 12.6. The lowest BCUT2D eigenvalue weighted by Gasteiger charge is -2.13. The lowest BCUT2D eigenvalue weighted by Crippen LogP contribution is -2.39. The molecule has 1 aliphatic rings. The molecular formula is C21H20ClN3O. The second-order valence-corrected chi connectivity index (χ2v) is 7.06. The molecule has 0 aliphatic carbocycles. The standard InChI is InChI=1S/C21H20ClN3O/c1-13-9-10-15(11-18(13)22)23-21(26)20-12-19(24-25-20)17-8-4-6-14-5-2-3-7-16(14)17/h2-11,19-20,24-25H,12H2,1H3,(H,23,26). The predicted molar refractivity (Wildman–Crippen MR) is 106 cm³/mol. The number of carbonyl (C=O) groups excluding carboxylic acids is 1. The van der Waals surface area contributed by atoms with E-state index in [0.717, 1.165) is 5.56 Å². The number of anilines is 1. The molecule has 0 saturated carbocycles. The number of hydrogen-bond donors (Lipinski definition) is 3. The van der Waals surface area contributed by atoms with E-state index in [9.17, 15) is 4.79 Å². The quantitative estimate of drug-likeness (QED) is 0.646. The van der Waals surface area contributed by atoms with Gasteiger partial charge in [0.15, 0.2) is 0 Å². The molecule has 3 N–H and O–H groups in total. The summed E-state index contributed by atoms with van der Waals surface area (Å²) in [7, 11) is 0. The lowest BCUT2D eigenvalue weighted by atomic mass is 9.96. The molecule has 1 aliphatic heterocycles. The van der Waals surface area contributed by atoms with Gasteiger partial charge in [0.25, 0.3) is 0 Å². The van der Waals surface area contributed by atoms with Crippen LogP contribution in [-0.4, -0.2) is 11.9 Å². The summed E-state index contributed by atoms with van der Waals surface area (Å²) in [4.78, 5) is 12.6. The fourth-order valence-electron chi connectivity index (χ4n) is 3.39. The fourth-order valence-corrected chi connectivity index (χ4v) is 3.57. The molecule has 0 bridgehead atoms. The highest BCUT2D eigenvalue weighted by atomic mass is 35.5. The van der Waals surface area contributed by atoms with Gasteiger partial charge in [-0.15, -0.1) is 0 Å². The number of nitrogens with one attached hydrogen (secondary N) is 3. The van der Waals surface area contributed by atoms with E-state index in [0.29, 0.717) is 17.1 Å². The average Bonchev–Trinajstić information content (AvgIpc) is 3.14. The van der Waals surface area contributed by atoms with Crippen molar-refractivity contribution in [3.63, 3.8) is 0 Å². The molecule has 0 spiro atoms. The van der Waals surface area contributed by atoms with Gasteiger partial charge in [-0.05, 0) is 47.4 Å². The molecule has 5 heteroatoms. The first kappa shape index (κ1) is 17.0. The number of rotatable bonds is 3. The summed E-state index contributed by atoms with van der Waals surface area (Å²) in [5, 5.41) is 5.99. The number of fused-ring (bicyclic) bond motifs is 1. The van der Waals surface area contributed by atoms with Gasteiger partial charge in [0.1, 0.15) is 6.04 Å². The van der Waals surface area contributed by atoms with Crippen LogP contribution >= 0.6 is 11.6 Å². The Hall–Kier alpha value is -2.40. The molecule has 3 aromatic carbocycles. The third-order valence-electron chi connectivity index (χ3n) is 4.86. The first-order valence-electron chi connectivity index (χ1n) is 8.67. The molecule has 4 nitrogen and oxygen atoms in total. The molecule has 4 rings (SSSR count). The lowest BCUT2D eigenvalue weighted by molar-refractivity contribution is -0.117. The van der Waals surface area contributed by atoms with Crippen LogP contribution < -0.4 is 16.2 Å². The molecule has 2 atom stereocenters. The SMILES string of the molecule is Cc1ccc(NC(=O)C2CC(c3cccc4ccccc34)NN2)cc1Cl. The van der Waals surface area contributed by atoms with Crippen molar-refractivity contribution in [3.8, 4) is 0 Å². The van der Waals surface area contributed by atoms with Crippen molar-refractivity contribution in [1.82, 2.24) is 10.9 Å². The van der Waals surface area contributed by atoms with Gasteiger partial charge in [-0.1, -0.05) is 60.1 Å². The molecule has 0 radical (unpaired) electrons. The topological polar surface area (TPSA) is 53.2 Å². The van der Waals surface area contributed by atoms with Gasteiger partial charge in [-0.25, -0.2) is 10.9 Å². The van der Waals surface area contributed by atoms with Crippen LogP contribution in [0.3, 0.4) is 0 Å². The number of aryl methyl sites for hydroxylation is 1. The fraction of sp³-hybridized carbons (Fsp3) is 0.190. The van der Waals surface area contributed by atoms with Crippen LogP contribution in [0.25, 0.3) is 10.8 Å². The average molecular weight is 366 g/mol. The van der Waals surface area contributed by atoms with E-state index in [1.807, 2.05) is 31.2 Å². The third kappa shape index (κ3) is 3.31. The Morgan fingerprint density at radius 2 is 1.88 bits per heavy atom. The van der Waals surface area contributed by atoms with E-state index in [4.69, 9.17) is 11.6 Å². The summed E-state index contributed by atoms with van der Waals surface area (Å²) < 4.78 is 0. The maximum Gasteiger partial charge on any atom is 0.242 e. The largest absolute Gasteiger partial charge is 0.325 e. The number of benzene rings is 3. The van der Waals surface area contributed by atoms with Crippen LogP contribution in [0.5, 0.6) is 0 Å². The molecule has 1 fully saturated rings. The van der Waals surface area contributed by atoms with Gasteiger partial charge in [-0.3, -0.25) is 4.79 Å². The number of halogens is 1. The van der Waals surface area contributed by atoms with Crippen LogP contribution in [0.2, 0.25) is 5.02 Å². The Morgan fingerprint density at radius 3 is 2.73 bits per heavy atom. The van der Waals surface area contributed by atoms with Crippen LogP contribution in [0.4, 0.5) is 5.69 Å². The van der Waals surface area contributed by atoms with Gasteiger partial charge < -0.3 is 5.32 Å². The van der Waals surface area contributed by atoms with Crippen molar-refractivity contribution < 1.29 is 4.79 Å². The zero-order chi connectivity index (χ0) is 18.1. The van der Waals surface area contributed by atoms with Crippen molar-refractivity contribution in [2.75, 3.05) is 5.32 Å². The van der Waals surface area contributed by atoms with Gasteiger partial charge in [0.05, 0.1) is 0 Å². The molecule has 1 saturated heterocycles. The molecular weight excluding hydrogens is 346 g/mol. The Balaban J connectivity index is 1.49. The second kappa shape index (κ2) is 7.08. The van der Waals surface area contributed by atoms with Gasteiger partial charge in [0.2, 0.25) is 5.91 Å². The van der Waals surface area contributed by atoms with Crippen molar-refractivity contribution >= 4 is 34.0 Å². The van der Waals surface area contributed by atoms with Crippen LogP contribution in [0.15, 0.2) is 60.7 Å². The normalized spacial score (nSPS) is 19.6. The Morgan fingerprint density at radius 1 is 1.08 bits per heavy atom. The van der Waals surface area contributed by atoms with Crippen LogP contribution in [0.1, 0.15) is 23.6 Å². The highest BCUT2D eigenvalue weighted by Crippen LogP contribution is 2.29. The minimum atomic E-state index is -0.306. The molecule has 26 heavy (non-hydrogen) atoms. The highest BCUT2D eigenvalue weighted by Gasteiger charge is 2.30. The van der Waals surface area contributed by atoms with E-state index in [1.165, 1.54) is 16.3 Å². The van der Waals surface area contributed by atoms with Crippen LogP contribution in [0, 0.1) is 6.92 Å². The van der Waals surface area contributed by atoms with E-state index in [-0.39, 0.29) is 18.0 Å². The number of amides is 1. The summed E-state index contributed by atoms with van der Waals surface area (Å²) in [5.74, 6) is -0.0693. The predicted octanol–water partition coefficient (Wildman–Crippen LogP) is 4.35. The van der Waals surface area contributed by atoms with Crippen molar-refractivity contribution in [3.05, 3.63) is 76.8 Å². The van der Waals surface area contributed by atoms with Crippen molar-refractivity contribution in [2.45, 2.75) is 25.4 Å². The number of hydrogen-bond acceptors (Lipinski definition) is 3. The zero-order valence-corrected chi connectivity index (χ0v) is 15.2. The Labute approximate surface area is 157 Å². The second-order valence-electron chi connectivity index (χ2n) is 6.65. The van der Waals surface area contributed by atoms with E-state index >= 15 is 0 Å². The van der Waals surface area contributed by atoms with E-state index < -0.39 is 0 Å². The molecule has 1 heterocycles. The smallest absolute Gasteiger partial charge is 0.242 e. The first-order chi connectivity index (χ1) is 12.6. The third-order valence-corrected chi connectivity index (χ3v) is 5.27.